The van der Waals surface area contributed by atoms with E-state index >= 15 is 0 Å². The third kappa shape index (κ3) is 3.14. The maximum absolute atomic E-state index is 12.6. The van der Waals surface area contributed by atoms with Crippen LogP contribution in [0, 0.1) is 11.8 Å². The summed E-state index contributed by atoms with van der Waals surface area (Å²) in [6.07, 6.45) is 7.63. The van der Waals surface area contributed by atoms with E-state index in [1.54, 1.807) is 18.6 Å². The molecule has 2 aromatic heterocycles. The van der Waals surface area contributed by atoms with Crippen molar-refractivity contribution >= 4 is 5.91 Å². The molecule has 2 aliphatic rings. The van der Waals surface area contributed by atoms with Gasteiger partial charge in [-0.1, -0.05) is 6.07 Å². The molecule has 2 fully saturated rings. The monoisotopic (exact) mass is 323 g/mol. The molecule has 6 nitrogen and oxygen atoms in total. The van der Waals surface area contributed by atoms with Crippen molar-refractivity contribution in [1.82, 2.24) is 24.8 Å². The van der Waals surface area contributed by atoms with Gasteiger partial charge in [0.05, 0.1) is 11.9 Å². The van der Waals surface area contributed by atoms with Crippen molar-refractivity contribution in [3.8, 4) is 0 Å². The molecule has 124 valence electrons. The quantitative estimate of drug-likeness (QED) is 0.856. The minimum atomic E-state index is 0.00438. The third-order valence-electron chi connectivity index (χ3n) is 5.06. The molecule has 2 atom stereocenters. The second kappa shape index (κ2) is 6.65. The van der Waals surface area contributed by atoms with E-state index in [1.165, 1.54) is 0 Å². The van der Waals surface area contributed by atoms with Crippen molar-refractivity contribution in [2.75, 3.05) is 26.2 Å². The van der Waals surface area contributed by atoms with Crippen LogP contribution in [0.2, 0.25) is 0 Å². The summed E-state index contributed by atoms with van der Waals surface area (Å²) in [6, 6.07) is 6.06. The lowest BCUT2D eigenvalue weighted by atomic mass is 9.88. The van der Waals surface area contributed by atoms with Crippen molar-refractivity contribution in [1.29, 1.82) is 0 Å². The molecule has 2 aliphatic heterocycles. The van der Waals surface area contributed by atoms with Crippen molar-refractivity contribution in [3.05, 3.63) is 54.4 Å². The molecule has 0 aromatic carbocycles. The molecular weight excluding hydrogens is 302 g/mol. The Morgan fingerprint density at radius 1 is 1.08 bits per heavy atom. The number of amides is 1. The van der Waals surface area contributed by atoms with Gasteiger partial charge in [0.2, 0.25) is 0 Å². The van der Waals surface area contributed by atoms with E-state index in [9.17, 15) is 4.79 Å². The molecule has 0 aliphatic carbocycles. The summed E-state index contributed by atoms with van der Waals surface area (Å²) in [5.74, 6) is 1.23. The number of hydrogen-bond acceptors (Lipinski definition) is 5. The Bertz CT molecular complexity index is 693. The highest BCUT2D eigenvalue weighted by atomic mass is 16.2. The number of carbonyl (C=O) groups excluding carboxylic acids is 1. The van der Waals surface area contributed by atoms with Crippen LogP contribution < -0.4 is 0 Å². The molecule has 2 aromatic rings. The summed E-state index contributed by atoms with van der Waals surface area (Å²) in [5.41, 5.74) is 1.56. The van der Waals surface area contributed by atoms with E-state index in [-0.39, 0.29) is 5.91 Å². The van der Waals surface area contributed by atoms with Gasteiger partial charge < -0.3 is 4.90 Å². The summed E-state index contributed by atoms with van der Waals surface area (Å²) in [5, 5.41) is 0. The number of likely N-dealkylation sites (tertiary alicyclic amines) is 2. The second-order valence-corrected chi connectivity index (χ2v) is 6.67. The molecule has 0 radical (unpaired) electrons. The van der Waals surface area contributed by atoms with Crippen molar-refractivity contribution in [3.63, 3.8) is 0 Å². The van der Waals surface area contributed by atoms with Gasteiger partial charge in [0, 0.05) is 51.3 Å². The molecule has 4 heterocycles. The number of nitrogens with zero attached hydrogens (tertiary/aromatic N) is 5. The first kappa shape index (κ1) is 15.2. The first-order valence-electron chi connectivity index (χ1n) is 8.47. The molecule has 0 N–H and O–H groups in total. The number of pyridine rings is 1. The zero-order chi connectivity index (χ0) is 16.4. The lowest BCUT2D eigenvalue weighted by molar-refractivity contribution is 0.0635. The number of aromatic nitrogens is 3. The molecule has 6 heteroatoms. The summed E-state index contributed by atoms with van der Waals surface area (Å²) in [6.45, 7) is 4.67. The van der Waals surface area contributed by atoms with Gasteiger partial charge in [0.25, 0.3) is 5.91 Å². The van der Waals surface area contributed by atoms with Gasteiger partial charge in [-0.25, -0.2) is 4.98 Å². The van der Waals surface area contributed by atoms with E-state index in [1.807, 2.05) is 23.2 Å². The first-order valence-corrected chi connectivity index (χ1v) is 8.47. The fourth-order valence-corrected chi connectivity index (χ4v) is 3.87. The maximum Gasteiger partial charge on any atom is 0.274 e. The fraction of sp³-hybridized carbons (Fsp3) is 0.444. The third-order valence-corrected chi connectivity index (χ3v) is 5.06. The van der Waals surface area contributed by atoms with Crippen LogP contribution in [0.1, 0.15) is 22.6 Å². The number of rotatable bonds is 3. The molecule has 0 unspecified atom stereocenters. The number of piperidine rings is 1. The summed E-state index contributed by atoms with van der Waals surface area (Å²) >= 11 is 0. The minimum absolute atomic E-state index is 0.00438. The highest BCUT2D eigenvalue weighted by Gasteiger charge is 2.38. The zero-order valence-corrected chi connectivity index (χ0v) is 13.6. The van der Waals surface area contributed by atoms with Crippen LogP contribution in [0.15, 0.2) is 43.0 Å². The van der Waals surface area contributed by atoms with E-state index in [4.69, 9.17) is 0 Å². The number of hydrogen-bond donors (Lipinski definition) is 0. The Kier molecular flexibility index (Phi) is 4.21. The Hall–Kier alpha value is -2.34. The van der Waals surface area contributed by atoms with Crippen LogP contribution in [0.25, 0.3) is 0 Å². The van der Waals surface area contributed by atoms with Crippen LogP contribution >= 0.6 is 0 Å². The largest absolute Gasteiger partial charge is 0.337 e. The topological polar surface area (TPSA) is 62.2 Å². The number of fused-ring (bicyclic) bond motifs is 1. The molecule has 0 spiro atoms. The Balaban J connectivity index is 1.38. The van der Waals surface area contributed by atoms with Gasteiger partial charge in [0.15, 0.2) is 0 Å². The fourth-order valence-electron chi connectivity index (χ4n) is 3.87. The Labute approximate surface area is 141 Å². The van der Waals surface area contributed by atoms with Crippen LogP contribution in [0.3, 0.4) is 0 Å². The van der Waals surface area contributed by atoms with Gasteiger partial charge in [-0.15, -0.1) is 0 Å². The number of carbonyl (C=O) groups is 1. The second-order valence-electron chi connectivity index (χ2n) is 6.67. The minimum Gasteiger partial charge on any atom is -0.337 e. The van der Waals surface area contributed by atoms with Crippen LogP contribution in [0.5, 0.6) is 0 Å². The summed E-state index contributed by atoms with van der Waals surface area (Å²) in [4.78, 5) is 29.5. The summed E-state index contributed by atoms with van der Waals surface area (Å²) < 4.78 is 0. The smallest absolute Gasteiger partial charge is 0.274 e. The van der Waals surface area contributed by atoms with E-state index in [0.29, 0.717) is 17.5 Å². The highest BCUT2D eigenvalue weighted by Crippen LogP contribution is 2.32. The van der Waals surface area contributed by atoms with E-state index < -0.39 is 0 Å². The highest BCUT2D eigenvalue weighted by molar-refractivity contribution is 5.92. The van der Waals surface area contributed by atoms with Crippen LogP contribution in [-0.2, 0) is 6.54 Å². The molecule has 2 saturated heterocycles. The molecule has 24 heavy (non-hydrogen) atoms. The Morgan fingerprint density at radius 3 is 2.79 bits per heavy atom. The van der Waals surface area contributed by atoms with Gasteiger partial charge in [-0.2, -0.15) is 0 Å². The normalized spacial score (nSPS) is 23.9. The van der Waals surface area contributed by atoms with Crippen molar-refractivity contribution < 1.29 is 4.79 Å². The molecule has 1 amide bonds. The van der Waals surface area contributed by atoms with Gasteiger partial charge in [-0.3, -0.25) is 19.7 Å². The SMILES string of the molecule is O=C(c1cnccn1)N1CC[C@@H]2CN(Cc3ccccn3)C[C@@H]2C1. The van der Waals surface area contributed by atoms with Crippen molar-refractivity contribution in [2.24, 2.45) is 11.8 Å². The zero-order valence-electron chi connectivity index (χ0n) is 13.6. The summed E-state index contributed by atoms with van der Waals surface area (Å²) in [7, 11) is 0. The van der Waals surface area contributed by atoms with E-state index in [2.05, 4.69) is 25.9 Å². The predicted octanol–water partition coefficient (Wildman–Crippen LogP) is 1.47. The molecular formula is C18H21N5O. The van der Waals surface area contributed by atoms with Crippen molar-refractivity contribution in [2.45, 2.75) is 13.0 Å². The van der Waals surface area contributed by atoms with Gasteiger partial charge >= 0.3 is 0 Å². The standard InChI is InChI=1S/C18H21N5O/c24-18(17-9-19-6-7-21-17)23-8-4-14-10-22(11-15(14)12-23)13-16-3-1-2-5-20-16/h1-3,5-7,9,14-15H,4,8,10-13H2/t14-,15-/m1/s1. The molecule has 0 bridgehead atoms. The average molecular weight is 323 g/mol. The predicted molar refractivity (Wildman–Crippen MR) is 89.0 cm³/mol. The first-order chi connectivity index (χ1) is 11.8. The maximum atomic E-state index is 12.6. The molecule has 0 saturated carbocycles. The van der Waals surface area contributed by atoms with E-state index in [0.717, 1.165) is 44.8 Å². The lowest BCUT2D eigenvalue weighted by Gasteiger charge is -2.34. The molecule has 4 rings (SSSR count). The van der Waals surface area contributed by atoms with Crippen LogP contribution in [0.4, 0.5) is 0 Å². The van der Waals surface area contributed by atoms with Gasteiger partial charge in [0.1, 0.15) is 5.69 Å². The lowest BCUT2D eigenvalue weighted by Crippen LogP contribution is -2.43. The van der Waals surface area contributed by atoms with Crippen LogP contribution in [-0.4, -0.2) is 56.8 Å². The van der Waals surface area contributed by atoms with Gasteiger partial charge in [-0.05, 0) is 30.4 Å². The Morgan fingerprint density at radius 2 is 2.00 bits per heavy atom. The average Bonchev–Trinajstić information content (AvgIpc) is 3.04.